The van der Waals surface area contributed by atoms with Crippen molar-refractivity contribution < 1.29 is 13.2 Å². The van der Waals surface area contributed by atoms with Gasteiger partial charge < -0.3 is 9.55 Å². The van der Waals surface area contributed by atoms with Gasteiger partial charge in [-0.15, -0.1) is 0 Å². The molecule has 1 heterocycles. The summed E-state index contributed by atoms with van der Waals surface area (Å²) in [6.07, 6.45) is -1.13. The number of hydrogen-bond acceptors (Lipinski definition) is 1. The highest BCUT2D eigenvalue weighted by Gasteiger charge is 2.31. The Labute approximate surface area is 119 Å². The number of nitrogens with one attached hydrogen (secondary N) is 1. The lowest BCUT2D eigenvalue weighted by molar-refractivity contribution is -0.137. The van der Waals surface area contributed by atoms with Crippen LogP contribution < -0.4 is 0 Å². The molecule has 2 atom stereocenters. The topological polar surface area (TPSA) is 20.7 Å². The van der Waals surface area contributed by atoms with Gasteiger partial charge in [0.15, 0.2) is 4.77 Å². The molecule has 2 nitrogen and oxygen atoms in total. The van der Waals surface area contributed by atoms with Gasteiger partial charge in [-0.05, 0) is 55.6 Å². The van der Waals surface area contributed by atoms with E-state index in [9.17, 15) is 13.2 Å². The summed E-state index contributed by atoms with van der Waals surface area (Å²) in [5, 5.41) is 0. The summed E-state index contributed by atoms with van der Waals surface area (Å²) in [6.45, 7) is 2.19. The minimum Gasteiger partial charge on any atom is -0.331 e. The van der Waals surface area contributed by atoms with Crippen LogP contribution in [0.2, 0.25) is 0 Å². The molecule has 1 aliphatic rings. The van der Waals surface area contributed by atoms with E-state index in [1.807, 2.05) is 4.57 Å². The maximum Gasteiger partial charge on any atom is 0.416 e. The number of hydrogen-bond donors (Lipinski definition) is 1. The molecule has 1 fully saturated rings. The van der Waals surface area contributed by atoms with Gasteiger partial charge >= 0.3 is 6.18 Å². The number of alkyl halides is 3. The van der Waals surface area contributed by atoms with Crippen LogP contribution in [-0.2, 0) is 6.18 Å². The summed E-state index contributed by atoms with van der Waals surface area (Å²) >= 11 is 5.29. The Balaban J connectivity index is 2.11. The van der Waals surface area contributed by atoms with Crippen LogP contribution in [0.1, 0.15) is 37.8 Å². The highest BCUT2D eigenvalue weighted by molar-refractivity contribution is 7.71. The monoisotopic (exact) mass is 300 g/mol. The molecule has 1 aromatic carbocycles. The Morgan fingerprint density at radius 2 is 2.05 bits per heavy atom. The molecule has 2 unspecified atom stereocenters. The van der Waals surface area contributed by atoms with Gasteiger partial charge in [0.05, 0.1) is 16.6 Å². The largest absolute Gasteiger partial charge is 0.416 e. The van der Waals surface area contributed by atoms with Crippen LogP contribution in [0.3, 0.4) is 0 Å². The van der Waals surface area contributed by atoms with E-state index in [4.69, 9.17) is 12.2 Å². The second-order valence-electron chi connectivity index (χ2n) is 5.60. The number of imidazole rings is 1. The summed E-state index contributed by atoms with van der Waals surface area (Å²) in [6, 6.07) is 4.08. The number of nitrogens with zero attached hydrogens (tertiary/aromatic N) is 1. The molecule has 0 bridgehead atoms. The molecule has 1 N–H and O–H groups in total. The van der Waals surface area contributed by atoms with Crippen molar-refractivity contribution in [2.45, 2.75) is 38.4 Å². The van der Waals surface area contributed by atoms with E-state index in [2.05, 4.69) is 11.9 Å². The first-order valence-corrected chi connectivity index (χ1v) is 7.08. The summed E-state index contributed by atoms with van der Waals surface area (Å²) in [4.78, 5) is 2.91. The van der Waals surface area contributed by atoms with Crippen LogP contribution in [-0.4, -0.2) is 9.55 Å². The normalized spacial score (nSPS) is 23.6. The standard InChI is InChI=1S/C14H15F3N2S/c1-8-2-4-10(6-8)19-12-5-3-9(14(15,16)17)7-11(12)18-13(19)20/h3,5,7-8,10H,2,4,6H2,1H3,(H,18,20). The van der Waals surface area contributed by atoms with Gasteiger partial charge in [-0.3, -0.25) is 0 Å². The predicted molar refractivity (Wildman–Crippen MR) is 74.2 cm³/mol. The smallest absolute Gasteiger partial charge is 0.331 e. The van der Waals surface area contributed by atoms with E-state index in [0.717, 1.165) is 36.9 Å². The minimum absolute atomic E-state index is 0.294. The molecule has 0 spiro atoms. The number of rotatable bonds is 1. The third-order valence-electron chi connectivity index (χ3n) is 4.08. The van der Waals surface area contributed by atoms with Gasteiger partial charge in [-0.1, -0.05) is 6.92 Å². The maximum absolute atomic E-state index is 12.7. The van der Waals surface area contributed by atoms with Crippen molar-refractivity contribution in [2.75, 3.05) is 0 Å². The molecule has 0 saturated heterocycles. The third kappa shape index (κ3) is 2.26. The van der Waals surface area contributed by atoms with Crippen LogP contribution in [0, 0.1) is 10.7 Å². The first-order chi connectivity index (χ1) is 9.36. The zero-order valence-corrected chi connectivity index (χ0v) is 11.8. The van der Waals surface area contributed by atoms with Crippen molar-refractivity contribution in [3.8, 4) is 0 Å². The van der Waals surface area contributed by atoms with Gasteiger partial charge in [0.25, 0.3) is 0 Å². The van der Waals surface area contributed by atoms with Gasteiger partial charge in [0.1, 0.15) is 0 Å². The van der Waals surface area contributed by atoms with E-state index in [-0.39, 0.29) is 0 Å². The summed E-state index contributed by atoms with van der Waals surface area (Å²) < 4.78 is 40.7. The Morgan fingerprint density at radius 1 is 1.30 bits per heavy atom. The molecular weight excluding hydrogens is 285 g/mol. The molecule has 1 aliphatic carbocycles. The van der Waals surface area contributed by atoms with E-state index in [0.29, 0.717) is 22.2 Å². The number of aromatic amines is 1. The van der Waals surface area contributed by atoms with Crippen LogP contribution in [0.4, 0.5) is 13.2 Å². The molecule has 1 aromatic heterocycles. The molecule has 2 aromatic rings. The van der Waals surface area contributed by atoms with E-state index >= 15 is 0 Å². The van der Waals surface area contributed by atoms with E-state index < -0.39 is 11.7 Å². The average Bonchev–Trinajstić information content (AvgIpc) is 2.89. The fourth-order valence-electron chi connectivity index (χ4n) is 3.08. The SMILES string of the molecule is CC1CCC(n2c(=S)[nH]c3cc(C(F)(F)F)ccc32)C1. The lowest BCUT2D eigenvalue weighted by Crippen LogP contribution is -2.06. The Morgan fingerprint density at radius 3 is 2.65 bits per heavy atom. The summed E-state index contributed by atoms with van der Waals surface area (Å²) in [5.74, 6) is 0.640. The van der Waals surface area contributed by atoms with Crippen molar-refractivity contribution in [2.24, 2.45) is 5.92 Å². The van der Waals surface area contributed by atoms with Crippen molar-refractivity contribution in [3.63, 3.8) is 0 Å². The third-order valence-corrected chi connectivity index (χ3v) is 4.37. The first-order valence-electron chi connectivity index (χ1n) is 6.67. The van der Waals surface area contributed by atoms with Gasteiger partial charge in [0.2, 0.25) is 0 Å². The van der Waals surface area contributed by atoms with Crippen molar-refractivity contribution in [1.82, 2.24) is 9.55 Å². The second kappa shape index (κ2) is 4.62. The summed E-state index contributed by atoms with van der Waals surface area (Å²) in [5.41, 5.74) is 0.583. The number of halogens is 3. The van der Waals surface area contributed by atoms with Gasteiger partial charge in [-0.25, -0.2) is 0 Å². The zero-order valence-electron chi connectivity index (χ0n) is 11.0. The van der Waals surface area contributed by atoms with Crippen LogP contribution in [0.5, 0.6) is 0 Å². The van der Waals surface area contributed by atoms with Gasteiger partial charge in [-0.2, -0.15) is 13.2 Å². The number of benzene rings is 1. The highest BCUT2D eigenvalue weighted by atomic mass is 32.1. The van der Waals surface area contributed by atoms with Gasteiger partial charge in [0, 0.05) is 6.04 Å². The molecule has 20 heavy (non-hydrogen) atoms. The van der Waals surface area contributed by atoms with Crippen molar-refractivity contribution >= 4 is 23.3 Å². The zero-order chi connectivity index (χ0) is 14.5. The molecule has 1 saturated carbocycles. The van der Waals surface area contributed by atoms with Crippen molar-refractivity contribution in [1.29, 1.82) is 0 Å². The Hall–Kier alpha value is -1.30. The molecule has 0 radical (unpaired) electrons. The maximum atomic E-state index is 12.7. The van der Waals surface area contributed by atoms with E-state index in [1.54, 1.807) is 0 Å². The molecule has 108 valence electrons. The predicted octanol–water partition coefficient (Wildman–Crippen LogP) is 5.08. The minimum atomic E-state index is -4.33. The quantitative estimate of drug-likeness (QED) is 0.728. The Bertz CT molecular complexity index is 698. The molecule has 0 aliphatic heterocycles. The fraction of sp³-hybridized carbons (Fsp3) is 0.500. The molecule has 6 heteroatoms. The number of aromatic nitrogens is 2. The van der Waals surface area contributed by atoms with Crippen molar-refractivity contribution in [3.05, 3.63) is 28.5 Å². The number of fused-ring (bicyclic) bond motifs is 1. The molecular formula is C14H15F3N2S. The summed E-state index contributed by atoms with van der Waals surface area (Å²) in [7, 11) is 0. The highest BCUT2D eigenvalue weighted by Crippen LogP contribution is 2.37. The van der Waals surface area contributed by atoms with Crippen LogP contribution >= 0.6 is 12.2 Å². The fourth-order valence-corrected chi connectivity index (χ4v) is 3.44. The second-order valence-corrected chi connectivity index (χ2v) is 5.99. The van der Waals surface area contributed by atoms with Crippen LogP contribution in [0.25, 0.3) is 11.0 Å². The first kappa shape index (κ1) is 13.7. The molecule has 0 amide bonds. The Kier molecular flexibility index (Phi) is 3.16. The average molecular weight is 300 g/mol. The van der Waals surface area contributed by atoms with E-state index in [1.165, 1.54) is 6.07 Å². The lowest BCUT2D eigenvalue weighted by Gasteiger charge is -2.13. The molecule has 3 rings (SSSR count). The number of H-pyrrole nitrogens is 1. The lowest BCUT2D eigenvalue weighted by atomic mass is 10.1. The van der Waals surface area contributed by atoms with Crippen LogP contribution in [0.15, 0.2) is 18.2 Å².